The third kappa shape index (κ3) is 3.20. The lowest BCUT2D eigenvalue weighted by Crippen LogP contribution is -2.51. The second kappa shape index (κ2) is 4.61. The summed E-state index contributed by atoms with van der Waals surface area (Å²) in [6.07, 6.45) is 3.21. The molecular weight excluding hydrogens is 194 g/mol. The van der Waals surface area contributed by atoms with E-state index >= 15 is 0 Å². The van der Waals surface area contributed by atoms with Crippen LogP contribution < -0.4 is 11.5 Å². The number of amides is 2. The summed E-state index contributed by atoms with van der Waals surface area (Å²) in [4.78, 5) is 23.9. The second-order valence-corrected chi connectivity index (χ2v) is 4.27. The number of primary amides is 1. The van der Waals surface area contributed by atoms with E-state index in [2.05, 4.69) is 0 Å². The number of hydrogen-bond donors (Lipinski definition) is 2. The van der Waals surface area contributed by atoms with Crippen LogP contribution in [0.1, 0.15) is 32.6 Å². The Morgan fingerprint density at radius 2 is 2.00 bits per heavy atom. The molecular formula is C10H19N3O2. The van der Waals surface area contributed by atoms with E-state index in [4.69, 9.17) is 11.5 Å². The van der Waals surface area contributed by atoms with Crippen LogP contribution in [0.2, 0.25) is 0 Å². The van der Waals surface area contributed by atoms with Gasteiger partial charge in [0.1, 0.15) is 0 Å². The largest absolute Gasteiger partial charge is 0.368 e. The molecule has 86 valence electrons. The highest BCUT2D eigenvalue weighted by atomic mass is 16.2. The fraction of sp³-hybridized carbons (Fsp3) is 0.800. The van der Waals surface area contributed by atoms with Gasteiger partial charge in [-0.05, 0) is 26.2 Å². The van der Waals surface area contributed by atoms with Crippen molar-refractivity contribution in [1.29, 1.82) is 0 Å². The molecule has 15 heavy (non-hydrogen) atoms. The Morgan fingerprint density at radius 1 is 1.40 bits per heavy atom. The number of nitrogens with zero attached hydrogens (tertiary/aromatic N) is 1. The van der Waals surface area contributed by atoms with E-state index in [-0.39, 0.29) is 18.0 Å². The van der Waals surface area contributed by atoms with Crippen molar-refractivity contribution in [2.45, 2.75) is 38.1 Å². The number of hydrogen-bond acceptors (Lipinski definition) is 3. The molecule has 0 unspecified atom stereocenters. The quantitative estimate of drug-likeness (QED) is 0.650. The minimum Gasteiger partial charge on any atom is -0.368 e. The lowest BCUT2D eigenvalue weighted by atomic mass is 9.75. The Balaban J connectivity index is 2.45. The third-order valence-corrected chi connectivity index (χ3v) is 2.93. The van der Waals surface area contributed by atoms with Gasteiger partial charge < -0.3 is 16.4 Å². The molecule has 1 aliphatic rings. The summed E-state index contributed by atoms with van der Waals surface area (Å²) in [6, 6.07) is 0. The van der Waals surface area contributed by atoms with Crippen molar-refractivity contribution in [2.24, 2.45) is 11.5 Å². The molecule has 0 aromatic rings. The van der Waals surface area contributed by atoms with Crippen molar-refractivity contribution in [3.63, 3.8) is 0 Å². The van der Waals surface area contributed by atoms with Gasteiger partial charge in [-0.1, -0.05) is 0 Å². The van der Waals surface area contributed by atoms with Crippen molar-refractivity contribution < 1.29 is 9.59 Å². The van der Waals surface area contributed by atoms with Crippen molar-refractivity contribution in [3.05, 3.63) is 0 Å². The maximum Gasteiger partial charge on any atom is 0.237 e. The van der Waals surface area contributed by atoms with Gasteiger partial charge in [0.15, 0.2) is 0 Å². The summed E-state index contributed by atoms with van der Waals surface area (Å²) in [7, 11) is 0. The van der Waals surface area contributed by atoms with Crippen LogP contribution in [-0.2, 0) is 9.59 Å². The van der Waals surface area contributed by atoms with Crippen molar-refractivity contribution in [1.82, 2.24) is 4.90 Å². The second-order valence-electron chi connectivity index (χ2n) is 4.27. The molecule has 2 amide bonds. The van der Waals surface area contributed by atoms with Crippen LogP contribution >= 0.6 is 0 Å². The van der Waals surface area contributed by atoms with Crippen molar-refractivity contribution in [2.75, 3.05) is 13.1 Å². The molecule has 0 bridgehead atoms. The van der Waals surface area contributed by atoms with E-state index in [1.807, 2.05) is 6.92 Å². The highest BCUT2D eigenvalue weighted by molar-refractivity contribution is 5.84. The van der Waals surface area contributed by atoms with Crippen LogP contribution in [-0.4, -0.2) is 35.3 Å². The predicted octanol–water partition coefficient (Wildman–Crippen LogP) is -0.408. The van der Waals surface area contributed by atoms with E-state index in [1.54, 1.807) is 0 Å². The third-order valence-electron chi connectivity index (χ3n) is 2.93. The van der Waals surface area contributed by atoms with Gasteiger partial charge in [0.05, 0.1) is 6.54 Å². The van der Waals surface area contributed by atoms with Gasteiger partial charge in [0, 0.05) is 18.5 Å². The molecule has 0 saturated heterocycles. The Bertz CT molecular complexity index is 261. The molecule has 0 aromatic heterocycles. The lowest BCUT2D eigenvalue weighted by molar-refractivity contribution is -0.136. The average molecular weight is 213 g/mol. The number of carbonyl (C=O) groups is 2. The van der Waals surface area contributed by atoms with Gasteiger partial charge in [-0.15, -0.1) is 0 Å². The lowest BCUT2D eigenvalue weighted by Gasteiger charge is -2.38. The molecule has 0 spiro atoms. The van der Waals surface area contributed by atoms with E-state index in [9.17, 15) is 9.59 Å². The minimum atomic E-state index is -0.482. The number of likely N-dealkylation sites (N-methyl/N-ethyl adjacent to an activating group) is 1. The molecule has 0 aromatic carbocycles. The molecule has 0 heterocycles. The highest BCUT2D eigenvalue weighted by Crippen LogP contribution is 2.32. The van der Waals surface area contributed by atoms with Crippen LogP contribution in [0, 0.1) is 0 Å². The fourth-order valence-corrected chi connectivity index (χ4v) is 1.79. The first-order chi connectivity index (χ1) is 6.97. The van der Waals surface area contributed by atoms with Gasteiger partial charge in [0.2, 0.25) is 11.8 Å². The summed E-state index contributed by atoms with van der Waals surface area (Å²) >= 11 is 0. The Kier molecular flexibility index (Phi) is 3.68. The number of nitrogens with two attached hydrogens (primary N) is 2. The normalized spacial score (nSPS) is 18.0. The van der Waals surface area contributed by atoms with Gasteiger partial charge in [0.25, 0.3) is 0 Å². The average Bonchev–Trinajstić information content (AvgIpc) is 2.11. The maximum atomic E-state index is 11.8. The molecule has 0 atom stereocenters. The van der Waals surface area contributed by atoms with E-state index < -0.39 is 5.91 Å². The summed E-state index contributed by atoms with van der Waals surface area (Å²) in [5.74, 6) is -0.552. The van der Waals surface area contributed by atoms with Crippen LogP contribution in [0.15, 0.2) is 0 Å². The van der Waals surface area contributed by atoms with Crippen molar-refractivity contribution in [3.8, 4) is 0 Å². The van der Waals surface area contributed by atoms with Crippen molar-refractivity contribution >= 4 is 11.8 Å². The first-order valence-electron chi connectivity index (χ1n) is 5.32. The zero-order valence-corrected chi connectivity index (χ0v) is 9.16. The molecule has 1 aliphatic carbocycles. The topological polar surface area (TPSA) is 89.4 Å². The summed E-state index contributed by atoms with van der Waals surface area (Å²) < 4.78 is 0. The van der Waals surface area contributed by atoms with Crippen LogP contribution in [0.4, 0.5) is 0 Å². The molecule has 1 rings (SSSR count). The van der Waals surface area contributed by atoms with E-state index in [0.29, 0.717) is 13.0 Å². The molecule has 4 N–H and O–H groups in total. The van der Waals surface area contributed by atoms with E-state index in [1.165, 1.54) is 4.90 Å². The van der Waals surface area contributed by atoms with Gasteiger partial charge >= 0.3 is 0 Å². The number of rotatable bonds is 5. The van der Waals surface area contributed by atoms with Crippen LogP contribution in [0.25, 0.3) is 0 Å². The number of carbonyl (C=O) groups excluding carboxylic acids is 2. The Labute approximate surface area is 89.8 Å². The van der Waals surface area contributed by atoms with E-state index in [0.717, 1.165) is 19.3 Å². The van der Waals surface area contributed by atoms with Gasteiger partial charge in [-0.2, -0.15) is 0 Å². The molecule has 0 aliphatic heterocycles. The maximum absolute atomic E-state index is 11.8. The fourth-order valence-electron chi connectivity index (χ4n) is 1.79. The zero-order chi connectivity index (χ0) is 11.5. The Morgan fingerprint density at radius 3 is 2.33 bits per heavy atom. The summed E-state index contributed by atoms with van der Waals surface area (Å²) in [5, 5.41) is 0. The first-order valence-corrected chi connectivity index (χ1v) is 5.32. The Hall–Kier alpha value is -1.10. The van der Waals surface area contributed by atoms with Crippen LogP contribution in [0.5, 0.6) is 0 Å². The molecule has 1 fully saturated rings. The molecule has 5 heteroatoms. The highest BCUT2D eigenvalue weighted by Gasteiger charge is 2.35. The summed E-state index contributed by atoms with van der Waals surface area (Å²) in [5.41, 5.74) is 10.7. The minimum absolute atomic E-state index is 0.00852. The molecule has 1 saturated carbocycles. The molecule has 5 nitrogen and oxygen atoms in total. The summed E-state index contributed by atoms with van der Waals surface area (Å²) in [6.45, 7) is 2.31. The predicted molar refractivity (Wildman–Crippen MR) is 56.8 cm³/mol. The monoisotopic (exact) mass is 213 g/mol. The smallest absolute Gasteiger partial charge is 0.237 e. The standard InChI is InChI=1S/C10H19N3O2/c1-2-13(7-8(11)14)9(15)6-10(12)4-3-5-10/h2-7,12H2,1H3,(H2,11,14). The van der Waals surface area contributed by atoms with Gasteiger partial charge in [-0.3, -0.25) is 9.59 Å². The van der Waals surface area contributed by atoms with Gasteiger partial charge in [-0.25, -0.2) is 0 Å². The SMILES string of the molecule is CCN(CC(N)=O)C(=O)CC1(N)CCC1. The molecule has 0 radical (unpaired) electrons. The van der Waals surface area contributed by atoms with Crippen LogP contribution in [0.3, 0.4) is 0 Å². The first kappa shape index (κ1) is 12.0. The zero-order valence-electron chi connectivity index (χ0n) is 9.16.